The molecule has 1 saturated heterocycles. The standard InChI is InChI=1S/C7H13NO3/c1-5(9)8-6-4-11-3-2-7(6)10/h6-7,10H,2-4H2,1H3,(H,8,9). The minimum Gasteiger partial charge on any atom is -0.391 e. The summed E-state index contributed by atoms with van der Waals surface area (Å²) < 4.78 is 5.08. The largest absolute Gasteiger partial charge is 0.391 e. The number of amides is 1. The molecule has 1 heterocycles. The lowest BCUT2D eigenvalue weighted by Crippen LogP contribution is -2.48. The summed E-state index contributed by atoms with van der Waals surface area (Å²) in [6, 6.07) is -0.221. The Morgan fingerprint density at radius 2 is 2.45 bits per heavy atom. The molecular formula is C7H13NO3. The molecule has 64 valence electrons. The van der Waals surface area contributed by atoms with Crippen LogP contribution < -0.4 is 5.32 Å². The molecule has 0 aromatic carbocycles. The third-order valence-corrected chi connectivity index (χ3v) is 1.71. The van der Waals surface area contributed by atoms with Crippen LogP contribution in [0.2, 0.25) is 0 Å². The van der Waals surface area contributed by atoms with Gasteiger partial charge in [-0.05, 0) is 6.42 Å². The number of hydrogen-bond donors (Lipinski definition) is 2. The maximum Gasteiger partial charge on any atom is 0.217 e. The van der Waals surface area contributed by atoms with Gasteiger partial charge in [-0.2, -0.15) is 0 Å². The minimum absolute atomic E-state index is 0.125. The van der Waals surface area contributed by atoms with Gasteiger partial charge in [0, 0.05) is 13.5 Å². The monoisotopic (exact) mass is 159 g/mol. The van der Waals surface area contributed by atoms with E-state index in [0.717, 1.165) is 0 Å². The minimum atomic E-state index is -0.451. The van der Waals surface area contributed by atoms with E-state index < -0.39 is 6.10 Å². The first-order valence-corrected chi connectivity index (χ1v) is 3.73. The van der Waals surface area contributed by atoms with Crippen LogP contribution in [0.3, 0.4) is 0 Å². The third-order valence-electron chi connectivity index (χ3n) is 1.71. The van der Waals surface area contributed by atoms with E-state index in [4.69, 9.17) is 4.74 Å². The second kappa shape index (κ2) is 3.69. The molecule has 0 aromatic heterocycles. The lowest BCUT2D eigenvalue weighted by Gasteiger charge is -2.27. The smallest absolute Gasteiger partial charge is 0.217 e. The van der Waals surface area contributed by atoms with Crippen LogP contribution >= 0.6 is 0 Å². The van der Waals surface area contributed by atoms with Crippen molar-refractivity contribution in [2.45, 2.75) is 25.5 Å². The lowest BCUT2D eigenvalue weighted by atomic mass is 10.1. The van der Waals surface area contributed by atoms with Crippen molar-refractivity contribution in [1.82, 2.24) is 5.32 Å². The van der Waals surface area contributed by atoms with Crippen molar-refractivity contribution in [3.8, 4) is 0 Å². The van der Waals surface area contributed by atoms with Crippen molar-refractivity contribution in [3.63, 3.8) is 0 Å². The molecule has 1 amide bonds. The Kier molecular flexibility index (Phi) is 2.84. The van der Waals surface area contributed by atoms with Gasteiger partial charge < -0.3 is 15.2 Å². The van der Waals surface area contributed by atoms with Crippen LogP contribution in [0, 0.1) is 0 Å². The molecule has 4 heteroatoms. The molecule has 0 radical (unpaired) electrons. The number of carbonyl (C=O) groups is 1. The van der Waals surface area contributed by atoms with Crippen molar-refractivity contribution in [3.05, 3.63) is 0 Å². The van der Waals surface area contributed by atoms with Gasteiger partial charge in [-0.25, -0.2) is 0 Å². The molecule has 11 heavy (non-hydrogen) atoms. The Hall–Kier alpha value is -0.610. The maximum absolute atomic E-state index is 10.6. The van der Waals surface area contributed by atoms with E-state index in [0.29, 0.717) is 19.6 Å². The van der Waals surface area contributed by atoms with Gasteiger partial charge in [0.25, 0.3) is 0 Å². The molecule has 4 nitrogen and oxygen atoms in total. The fourth-order valence-corrected chi connectivity index (χ4v) is 1.13. The van der Waals surface area contributed by atoms with Gasteiger partial charge in [0.1, 0.15) is 0 Å². The van der Waals surface area contributed by atoms with Gasteiger partial charge in [0.05, 0.1) is 18.8 Å². The summed E-state index contributed by atoms with van der Waals surface area (Å²) in [7, 11) is 0. The van der Waals surface area contributed by atoms with Crippen LogP contribution in [0.5, 0.6) is 0 Å². The number of ether oxygens (including phenoxy) is 1. The van der Waals surface area contributed by atoms with E-state index in [9.17, 15) is 9.90 Å². The molecule has 1 aliphatic rings. The molecular weight excluding hydrogens is 146 g/mol. The number of aliphatic hydroxyl groups excluding tert-OH is 1. The normalized spacial score (nSPS) is 31.5. The summed E-state index contributed by atoms with van der Waals surface area (Å²) in [6.45, 7) is 2.43. The van der Waals surface area contributed by atoms with Crippen LogP contribution in [0.25, 0.3) is 0 Å². The van der Waals surface area contributed by atoms with Gasteiger partial charge in [-0.1, -0.05) is 0 Å². The highest BCUT2D eigenvalue weighted by atomic mass is 16.5. The predicted molar refractivity (Wildman–Crippen MR) is 39.0 cm³/mol. The Labute approximate surface area is 65.5 Å². The first-order valence-electron chi connectivity index (χ1n) is 3.73. The molecule has 1 rings (SSSR count). The van der Waals surface area contributed by atoms with Crippen LogP contribution in [0.1, 0.15) is 13.3 Å². The molecule has 0 saturated carbocycles. The number of rotatable bonds is 1. The number of aliphatic hydroxyl groups is 1. The quantitative estimate of drug-likeness (QED) is 0.530. The number of hydrogen-bond acceptors (Lipinski definition) is 3. The lowest BCUT2D eigenvalue weighted by molar-refractivity contribution is -0.122. The highest BCUT2D eigenvalue weighted by Gasteiger charge is 2.23. The van der Waals surface area contributed by atoms with E-state index in [1.165, 1.54) is 6.92 Å². The second-order valence-electron chi connectivity index (χ2n) is 2.74. The van der Waals surface area contributed by atoms with Gasteiger partial charge >= 0.3 is 0 Å². The SMILES string of the molecule is CC(=O)NC1COCCC1O. The third kappa shape index (κ3) is 2.48. The number of carbonyl (C=O) groups excluding carboxylic acids is 1. The van der Waals surface area contributed by atoms with Gasteiger partial charge in [0.15, 0.2) is 0 Å². The van der Waals surface area contributed by atoms with Crippen molar-refractivity contribution in [2.75, 3.05) is 13.2 Å². The van der Waals surface area contributed by atoms with E-state index in [1.54, 1.807) is 0 Å². The Bertz CT molecular complexity index is 149. The molecule has 2 unspecified atom stereocenters. The predicted octanol–water partition coefficient (Wildman–Crippen LogP) is -0.728. The summed E-state index contributed by atoms with van der Waals surface area (Å²) in [4.78, 5) is 10.6. The average Bonchev–Trinajstić information content (AvgIpc) is 1.93. The van der Waals surface area contributed by atoms with Gasteiger partial charge in [0.2, 0.25) is 5.91 Å². The summed E-state index contributed by atoms with van der Waals surface area (Å²) in [5, 5.41) is 11.9. The summed E-state index contributed by atoms with van der Waals surface area (Å²) in [6.07, 6.45) is 0.151. The molecule has 0 aromatic rings. The Morgan fingerprint density at radius 3 is 3.00 bits per heavy atom. The molecule has 2 atom stereocenters. The summed E-state index contributed by atoms with van der Waals surface area (Å²) in [5.74, 6) is -0.125. The molecule has 1 fully saturated rings. The van der Waals surface area contributed by atoms with Crippen LogP contribution in [-0.2, 0) is 9.53 Å². The highest BCUT2D eigenvalue weighted by Crippen LogP contribution is 2.06. The molecule has 1 aliphatic heterocycles. The van der Waals surface area contributed by atoms with Gasteiger partial charge in [-0.3, -0.25) is 4.79 Å². The van der Waals surface area contributed by atoms with E-state index >= 15 is 0 Å². The fourth-order valence-electron chi connectivity index (χ4n) is 1.13. The Morgan fingerprint density at radius 1 is 1.73 bits per heavy atom. The van der Waals surface area contributed by atoms with E-state index in [-0.39, 0.29) is 11.9 Å². The zero-order valence-electron chi connectivity index (χ0n) is 6.54. The van der Waals surface area contributed by atoms with Crippen molar-refractivity contribution in [2.24, 2.45) is 0 Å². The Balaban J connectivity index is 2.35. The van der Waals surface area contributed by atoms with Crippen LogP contribution in [0.15, 0.2) is 0 Å². The topological polar surface area (TPSA) is 58.6 Å². The maximum atomic E-state index is 10.6. The zero-order chi connectivity index (χ0) is 8.27. The molecule has 0 bridgehead atoms. The first kappa shape index (κ1) is 8.49. The average molecular weight is 159 g/mol. The summed E-state index contributed by atoms with van der Waals surface area (Å²) in [5.41, 5.74) is 0. The van der Waals surface area contributed by atoms with E-state index in [2.05, 4.69) is 5.32 Å². The number of nitrogens with one attached hydrogen (secondary N) is 1. The fraction of sp³-hybridized carbons (Fsp3) is 0.857. The van der Waals surface area contributed by atoms with Gasteiger partial charge in [-0.15, -0.1) is 0 Å². The first-order chi connectivity index (χ1) is 5.20. The zero-order valence-corrected chi connectivity index (χ0v) is 6.54. The van der Waals surface area contributed by atoms with Crippen molar-refractivity contribution in [1.29, 1.82) is 0 Å². The van der Waals surface area contributed by atoms with Crippen LogP contribution in [-0.4, -0.2) is 36.4 Å². The summed E-state index contributed by atoms with van der Waals surface area (Å²) >= 11 is 0. The van der Waals surface area contributed by atoms with Crippen LogP contribution in [0.4, 0.5) is 0 Å². The van der Waals surface area contributed by atoms with E-state index in [1.807, 2.05) is 0 Å². The molecule has 2 N–H and O–H groups in total. The van der Waals surface area contributed by atoms with Crippen molar-refractivity contribution >= 4 is 5.91 Å². The highest BCUT2D eigenvalue weighted by molar-refractivity contribution is 5.73. The molecule has 0 aliphatic carbocycles. The van der Waals surface area contributed by atoms with Crippen molar-refractivity contribution < 1.29 is 14.6 Å². The molecule has 0 spiro atoms. The second-order valence-corrected chi connectivity index (χ2v) is 2.74.